The van der Waals surface area contributed by atoms with Crippen molar-refractivity contribution < 1.29 is 0 Å². The summed E-state index contributed by atoms with van der Waals surface area (Å²) >= 11 is 0. The predicted octanol–water partition coefficient (Wildman–Crippen LogP) is 1.75. The molecule has 0 aliphatic rings. The van der Waals surface area contributed by atoms with Crippen LogP contribution in [0.1, 0.15) is 33.5 Å². The van der Waals surface area contributed by atoms with Crippen LogP contribution < -0.4 is 5.56 Å². The molecule has 2 rings (SSSR count). The first-order valence-corrected chi connectivity index (χ1v) is 6.06. The van der Waals surface area contributed by atoms with Crippen molar-refractivity contribution in [3.63, 3.8) is 0 Å². The first-order chi connectivity index (χ1) is 8.45. The molecule has 0 saturated carbocycles. The fourth-order valence-corrected chi connectivity index (χ4v) is 1.88. The van der Waals surface area contributed by atoms with E-state index >= 15 is 0 Å². The van der Waals surface area contributed by atoms with Gasteiger partial charge in [-0.15, -0.1) is 0 Å². The van der Waals surface area contributed by atoms with Crippen molar-refractivity contribution in [1.29, 1.82) is 0 Å². The lowest BCUT2D eigenvalue weighted by molar-refractivity contribution is 0.381. The van der Waals surface area contributed by atoms with Gasteiger partial charge < -0.3 is 4.57 Å². The van der Waals surface area contributed by atoms with Gasteiger partial charge in [-0.1, -0.05) is 6.92 Å². The first-order valence-electron chi connectivity index (χ1n) is 6.06. The molecule has 0 aliphatic carbocycles. The monoisotopic (exact) mass is 246 g/mol. The summed E-state index contributed by atoms with van der Waals surface area (Å²) in [5.41, 5.74) is -0.362. The highest BCUT2D eigenvalue weighted by molar-refractivity contribution is 5.22. The number of imidazole rings is 1. The van der Waals surface area contributed by atoms with Crippen molar-refractivity contribution in [1.82, 2.24) is 19.1 Å². The minimum atomic E-state index is -0.262. The standard InChI is InChI=1S/C13H18N4O/c1-5-10-14-6-8-16(10)11-12(18)17(9-7-15-11)13(2,3)4/h6-9H,5H2,1-4H3. The number of hydrogen-bond acceptors (Lipinski definition) is 3. The Morgan fingerprint density at radius 3 is 2.44 bits per heavy atom. The Balaban J connectivity index is 2.64. The number of aromatic nitrogens is 4. The lowest BCUT2D eigenvalue weighted by Crippen LogP contribution is -2.36. The summed E-state index contributed by atoms with van der Waals surface area (Å²) in [7, 11) is 0. The third-order valence-corrected chi connectivity index (χ3v) is 2.81. The highest BCUT2D eigenvalue weighted by Gasteiger charge is 2.18. The Morgan fingerprint density at radius 1 is 1.17 bits per heavy atom. The van der Waals surface area contributed by atoms with E-state index in [4.69, 9.17) is 0 Å². The third-order valence-electron chi connectivity index (χ3n) is 2.81. The zero-order valence-electron chi connectivity index (χ0n) is 11.2. The van der Waals surface area contributed by atoms with E-state index < -0.39 is 0 Å². The number of nitrogens with zero attached hydrogens (tertiary/aromatic N) is 4. The zero-order valence-corrected chi connectivity index (χ0v) is 11.2. The number of aryl methyl sites for hydroxylation is 1. The summed E-state index contributed by atoms with van der Waals surface area (Å²) in [5, 5.41) is 0. The van der Waals surface area contributed by atoms with Gasteiger partial charge in [-0.3, -0.25) is 9.36 Å². The van der Waals surface area contributed by atoms with Gasteiger partial charge in [-0.2, -0.15) is 0 Å². The van der Waals surface area contributed by atoms with Gasteiger partial charge in [-0.25, -0.2) is 9.97 Å². The maximum atomic E-state index is 12.4. The van der Waals surface area contributed by atoms with E-state index in [1.807, 2.05) is 27.7 Å². The van der Waals surface area contributed by atoms with Crippen molar-refractivity contribution in [3.05, 3.63) is 41.0 Å². The van der Waals surface area contributed by atoms with Gasteiger partial charge in [0, 0.05) is 36.7 Å². The summed E-state index contributed by atoms with van der Waals surface area (Å²) in [6, 6.07) is 0. The molecule has 0 spiro atoms. The smallest absolute Gasteiger partial charge is 0.294 e. The molecule has 0 atom stereocenters. The molecule has 0 bridgehead atoms. The SMILES string of the molecule is CCc1nccn1-c1nccn(C(C)(C)C)c1=O. The van der Waals surface area contributed by atoms with Gasteiger partial charge >= 0.3 is 0 Å². The molecular formula is C13H18N4O. The van der Waals surface area contributed by atoms with E-state index in [1.165, 1.54) is 0 Å². The van der Waals surface area contributed by atoms with Crippen LogP contribution in [0.3, 0.4) is 0 Å². The topological polar surface area (TPSA) is 52.7 Å². The van der Waals surface area contributed by atoms with E-state index in [0.717, 1.165) is 12.2 Å². The van der Waals surface area contributed by atoms with Gasteiger partial charge in [0.15, 0.2) is 0 Å². The van der Waals surface area contributed by atoms with Gasteiger partial charge in [-0.05, 0) is 20.8 Å². The van der Waals surface area contributed by atoms with Crippen molar-refractivity contribution in [2.45, 2.75) is 39.7 Å². The summed E-state index contributed by atoms with van der Waals surface area (Å²) in [6.07, 6.45) is 7.60. The fourth-order valence-electron chi connectivity index (χ4n) is 1.88. The summed E-state index contributed by atoms with van der Waals surface area (Å²) in [4.78, 5) is 20.8. The number of hydrogen-bond donors (Lipinski definition) is 0. The molecule has 0 radical (unpaired) electrons. The average Bonchev–Trinajstić information content (AvgIpc) is 2.75. The summed E-state index contributed by atoms with van der Waals surface area (Å²) in [5.74, 6) is 1.24. The van der Waals surface area contributed by atoms with Gasteiger partial charge in [0.05, 0.1) is 0 Å². The molecule has 2 heterocycles. The molecule has 5 nitrogen and oxygen atoms in total. The van der Waals surface area contributed by atoms with E-state index in [0.29, 0.717) is 5.82 Å². The number of rotatable bonds is 2. The van der Waals surface area contributed by atoms with Crippen LogP contribution in [-0.4, -0.2) is 19.1 Å². The molecule has 0 saturated heterocycles. The Hall–Kier alpha value is -1.91. The van der Waals surface area contributed by atoms with E-state index in [2.05, 4.69) is 9.97 Å². The molecule has 0 amide bonds. The maximum Gasteiger partial charge on any atom is 0.294 e. The molecule has 96 valence electrons. The van der Waals surface area contributed by atoms with Crippen LogP contribution in [-0.2, 0) is 12.0 Å². The minimum Gasteiger partial charge on any atom is -0.306 e. The minimum absolute atomic E-state index is 0.0994. The quantitative estimate of drug-likeness (QED) is 0.811. The molecular weight excluding hydrogens is 228 g/mol. The molecule has 0 aromatic carbocycles. The second-order valence-corrected chi connectivity index (χ2v) is 5.16. The highest BCUT2D eigenvalue weighted by atomic mass is 16.1. The Bertz CT molecular complexity index is 604. The second kappa shape index (κ2) is 4.40. The third kappa shape index (κ3) is 2.08. The highest BCUT2D eigenvalue weighted by Crippen LogP contribution is 2.11. The molecule has 2 aromatic rings. The van der Waals surface area contributed by atoms with Crippen LogP contribution in [0, 0.1) is 0 Å². The van der Waals surface area contributed by atoms with Crippen LogP contribution in [0.5, 0.6) is 0 Å². The average molecular weight is 246 g/mol. The van der Waals surface area contributed by atoms with Crippen molar-refractivity contribution in [3.8, 4) is 5.82 Å². The predicted molar refractivity (Wildman–Crippen MR) is 70.0 cm³/mol. The molecule has 5 heteroatoms. The molecule has 0 N–H and O–H groups in total. The Labute approximate surface area is 106 Å². The normalized spacial score (nSPS) is 11.8. The van der Waals surface area contributed by atoms with Gasteiger partial charge in [0.2, 0.25) is 5.82 Å². The lowest BCUT2D eigenvalue weighted by atomic mass is 10.1. The van der Waals surface area contributed by atoms with E-state index in [1.54, 1.807) is 33.9 Å². The Kier molecular flexibility index (Phi) is 3.07. The molecule has 0 unspecified atom stereocenters. The molecule has 0 aliphatic heterocycles. The zero-order chi connectivity index (χ0) is 13.3. The van der Waals surface area contributed by atoms with Crippen molar-refractivity contribution in [2.24, 2.45) is 0 Å². The van der Waals surface area contributed by atoms with Gasteiger partial charge in [0.1, 0.15) is 5.82 Å². The largest absolute Gasteiger partial charge is 0.306 e. The Morgan fingerprint density at radius 2 is 1.83 bits per heavy atom. The van der Waals surface area contributed by atoms with Crippen LogP contribution in [0.15, 0.2) is 29.6 Å². The molecule has 2 aromatic heterocycles. The lowest BCUT2D eigenvalue weighted by Gasteiger charge is -2.22. The maximum absolute atomic E-state index is 12.4. The van der Waals surface area contributed by atoms with Gasteiger partial charge in [0.25, 0.3) is 5.56 Å². The van der Waals surface area contributed by atoms with Crippen molar-refractivity contribution in [2.75, 3.05) is 0 Å². The van der Waals surface area contributed by atoms with Crippen LogP contribution in [0.2, 0.25) is 0 Å². The van der Waals surface area contributed by atoms with Crippen LogP contribution in [0.4, 0.5) is 0 Å². The van der Waals surface area contributed by atoms with Crippen LogP contribution in [0.25, 0.3) is 5.82 Å². The van der Waals surface area contributed by atoms with E-state index in [-0.39, 0.29) is 11.1 Å². The van der Waals surface area contributed by atoms with Crippen molar-refractivity contribution >= 4 is 0 Å². The van der Waals surface area contributed by atoms with E-state index in [9.17, 15) is 4.79 Å². The summed E-state index contributed by atoms with van der Waals surface area (Å²) < 4.78 is 3.44. The first kappa shape index (κ1) is 12.5. The molecule has 0 fully saturated rings. The molecule has 18 heavy (non-hydrogen) atoms. The second-order valence-electron chi connectivity index (χ2n) is 5.16. The summed E-state index contributed by atoms with van der Waals surface area (Å²) in [6.45, 7) is 7.98. The fraction of sp³-hybridized carbons (Fsp3) is 0.462. The van der Waals surface area contributed by atoms with Crippen LogP contribution >= 0.6 is 0 Å².